The third-order valence-electron chi connectivity index (χ3n) is 4.17. The van der Waals surface area contributed by atoms with E-state index in [9.17, 15) is 18.4 Å². The van der Waals surface area contributed by atoms with Crippen molar-refractivity contribution >= 4 is 11.7 Å². The van der Waals surface area contributed by atoms with Gasteiger partial charge in [0.15, 0.2) is 23.2 Å². The van der Waals surface area contributed by atoms with Gasteiger partial charge in [0.1, 0.15) is 6.61 Å². The number of nitrogens with one attached hydrogen (secondary N) is 1. The van der Waals surface area contributed by atoms with E-state index in [0.29, 0.717) is 31.4 Å². The monoisotopic (exact) mass is 391 g/mol. The molecule has 1 aromatic carbocycles. The summed E-state index contributed by atoms with van der Waals surface area (Å²) in [5.41, 5.74) is 5.98. The summed E-state index contributed by atoms with van der Waals surface area (Å²) in [5.74, 6) is -3.31. The molecule has 0 bridgehead atoms. The number of ketones is 1. The number of pyridine rings is 1. The first-order valence-electron chi connectivity index (χ1n) is 8.95. The number of hydrogen-bond acceptors (Lipinski definition) is 5. The van der Waals surface area contributed by atoms with E-state index in [1.54, 1.807) is 12.1 Å². The number of ether oxygens (including phenoxy) is 1. The second kappa shape index (κ2) is 10.5. The molecule has 1 amide bonds. The second-order valence-electron chi connectivity index (χ2n) is 6.31. The van der Waals surface area contributed by atoms with Crippen LogP contribution in [0, 0.1) is 18.6 Å². The van der Waals surface area contributed by atoms with Gasteiger partial charge in [-0.3, -0.25) is 14.6 Å². The predicted octanol–water partition coefficient (Wildman–Crippen LogP) is 2.54. The first-order valence-corrected chi connectivity index (χ1v) is 8.95. The summed E-state index contributed by atoms with van der Waals surface area (Å²) in [4.78, 5) is 28.8. The Kier molecular flexibility index (Phi) is 8.01. The van der Waals surface area contributed by atoms with Crippen molar-refractivity contribution in [2.24, 2.45) is 5.73 Å². The zero-order chi connectivity index (χ0) is 20.5. The summed E-state index contributed by atoms with van der Waals surface area (Å²) in [6.45, 7) is 1.35. The molecule has 28 heavy (non-hydrogen) atoms. The Hall–Kier alpha value is -2.87. The third-order valence-corrected chi connectivity index (χ3v) is 4.17. The maximum absolute atomic E-state index is 14.0. The molecule has 0 fully saturated rings. The lowest BCUT2D eigenvalue weighted by Gasteiger charge is -2.18. The van der Waals surface area contributed by atoms with E-state index in [0.717, 1.165) is 6.07 Å². The van der Waals surface area contributed by atoms with Crippen LogP contribution in [0.2, 0.25) is 0 Å². The van der Waals surface area contributed by atoms with Gasteiger partial charge in [-0.2, -0.15) is 0 Å². The van der Waals surface area contributed by atoms with Gasteiger partial charge in [-0.1, -0.05) is 6.07 Å². The van der Waals surface area contributed by atoms with Crippen LogP contribution < -0.4 is 15.8 Å². The molecule has 2 rings (SSSR count). The lowest BCUT2D eigenvalue weighted by molar-refractivity contribution is -0.123. The summed E-state index contributed by atoms with van der Waals surface area (Å²) < 4.78 is 32.9. The number of benzene rings is 1. The second-order valence-corrected chi connectivity index (χ2v) is 6.31. The van der Waals surface area contributed by atoms with Gasteiger partial charge >= 0.3 is 0 Å². The van der Waals surface area contributed by atoms with E-state index in [2.05, 4.69) is 10.3 Å². The molecule has 0 saturated heterocycles. The first-order chi connectivity index (χ1) is 13.4. The number of unbranched alkanes of at least 4 members (excludes halogenated alkanes) is 1. The molecule has 0 spiro atoms. The van der Waals surface area contributed by atoms with Gasteiger partial charge in [-0.15, -0.1) is 0 Å². The number of hydrogen-bond donors (Lipinski definition) is 2. The van der Waals surface area contributed by atoms with Gasteiger partial charge in [-0.25, -0.2) is 8.78 Å². The molecule has 3 N–H and O–H groups in total. The largest absolute Gasteiger partial charge is 0.480 e. The van der Waals surface area contributed by atoms with Crippen molar-refractivity contribution in [1.82, 2.24) is 10.3 Å². The highest BCUT2D eigenvalue weighted by Gasteiger charge is 2.23. The van der Waals surface area contributed by atoms with Crippen molar-refractivity contribution in [2.45, 2.75) is 32.2 Å². The van der Waals surface area contributed by atoms with Crippen LogP contribution in [0.3, 0.4) is 0 Å². The van der Waals surface area contributed by atoms with Crippen LogP contribution in [-0.4, -0.2) is 35.9 Å². The Morgan fingerprint density at radius 2 is 2.04 bits per heavy atom. The predicted molar refractivity (Wildman–Crippen MR) is 100.0 cm³/mol. The van der Waals surface area contributed by atoms with Gasteiger partial charge in [0.25, 0.3) is 5.91 Å². The number of Topliss-reactive ketones (excluding diaryl/α,β-unsaturated/α-hetero) is 1. The lowest BCUT2D eigenvalue weighted by Crippen LogP contribution is -2.43. The van der Waals surface area contributed by atoms with E-state index in [1.807, 2.05) is 0 Å². The SMILES string of the molecule is Cc1ccc(F)c(OCC(=O)C(CCCCN)NC(=O)c2cccnc2)c1F. The molecule has 0 aliphatic heterocycles. The molecule has 150 valence electrons. The number of carbonyl (C=O) groups excluding carboxylic acids is 2. The Bertz CT molecular complexity index is 816. The summed E-state index contributed by atoms with van der Waals surface area (Å²) in [6.07, 6.45) is 4.52. The number of nitrogens with zero attached hydrogens (tertiary/aromatic N) is 1. The Labute approximate surface area is 162 Å². The third kappa shape index (κ3) is 5.82. The first kappa shape index (κ1) is 21.4. The number of halogens is 2. The van der Waals surface area contributed by atoms with Crippen molar-refractivity contribution in [3.63, 3.8) is 0 Å². The number of aromatic nitrogens is 1. The standard InChI is InChI=1S/C20H23F2N3O3/c1-13-7-8-15(21)19(18(13)22)28-12-17(26)16(6-2-3-9-23)25-20(27)14-5-4-10-24-11-14/h4-5,7-8,10-11,16H,2-3,6,9,12,23H2,1H3,(H,25,27). The van der Waals surface area contributed by atoms with E-state index < -0.39 is 41.7 Å². The molecule has 0 aliphatic rings. The smallest absolute Gasteiger partial charge is 0.253 e. The van der Waals surface area contributed by atoms with Gasteiger partial charge < -0.3 is 15.8 Å². The minimum absolute atomic E-state index is 0.202. The van der Waals surface area contributed by atoms with Crippen LogP contribution in [0.25, 0.3) is 0 Å². The van der Waals surface area contributed by atoms with Gasteiger partial charge in [0, 0.05) is 12.4 Å². The van der Waals surface area contributed by atoms with Crippen molar-refractivity contribution in [1.29, 1.82) is 0 Å². The number of amides is 1. The molecule has 6 nitrogen and oxygen atoms in total. The average molecular weight is 391 g/mol. The van der Waals surface area contributed by atoms with E-state index in [1.165, 1.54) is 25.4 Å². The van der Waals surface area contributed by atoms with Gasteiger partial charge in [0.05, 0.1) is 11.6 Å². The van der Waals surface area contributed by atoms with Crippen molar-refractivity contribution in [3.05, 3.63) is 59.4 Å². The van der Waals surface area contributed by atoms with Crippen LogP contribution in [0.5, 0.6) is 5.75 Å². The molecule has 1 aromatic heterocycles. The van der Waals surface area contributed by atoms with E-state index >= 15 is 0 Å². The summed E-state index contributed by atoms with van der Waals surface area (Å²) in [7, 11) is 0. The van der Waals surface area contributed by atoms with Crippen LogP contribution in [0.15, 0.2) is 36.7 Å². The Balaban J connectivity index is 2.06. The quantitative estimate of drug-likeness (QED) is 0.607. The molecule has 2 aromatic rings. The maximum Gasteiger partial charge on any atom is 0.253 e. The van der Waals surface area contributed by atoms with Crippen LogP contribution in [-0.2, 0) is 4.79 Å². The van der Waals surface area contributed by atoms with E-state index in [4.69, 9.17) is 10.5 Å². The van der Waals surface area contributed by atoms with Crippen molar-refractivity contribution in [3.8, 4) is 5.75 Å². The number of aryl methyl sites for hydroxylation is 1. The minimum atomic E-state index is -0.894. The molecular weight excluding hydrogens is 368 g/mol. The molecule has 1 atom stereocenters. The fraction of sp³-hybridized carbons (Fsp3) is 0.350. The molecule has 1 unspecified atom stereocenters. The lowest BCUT2D eigenvalue weighted by atomic mass is 10.0. The van der Waals surface area contributed by atoms with Crippen molar-refractivity contribution in [2.75, 3.05) is 13.2 Å². The highest BCUT2D eigenvalue weighted by atomic mass is 19.1. The Morgan fingerprint density at radius 1 is 1.25 bits per heavy atom. The summed E-state index contributed by atoms with van der Waals surface area (Å²) in [5, 5.41) is 2.63. The number of nitrogens with two attached hydrogens (primary N) is 1. The van der Waals surface area contributed by atoms with Crippen LogP contribution in [0.1, 0.15) is 35.2 Å². The zero-order valence-corrected chi connectivity index (χ0v) is 15.6. The van der Waals surface area contributed by atoms with Crippen molar-refractivity contribution < 1.29 is 23.1 Å². The fourth-order valence-corrected chi connectivity index (χ4v) is 2.55. The molecule has 8 heteroatoms. The van der Waals surface area contributed by atoms with Crippen LogP contribution >= 0.6 is 0 Å². The zero-order valence-electron chi connectivity index (χ0n) is 15.6. The highest BCUT2D eigenvalue weighted by molar-refractivity contribution is 5.98. The summed E-state index contributed by atoms with van der Waals surface area (Å²) >= 11 is 0. The fourth-order valence-electron chi connectivity index (χ4n) is 2.55. The average Bonchev–Trinajstić information content (AvgIpc) is 2.70. The molecular formula is C20H23F2N3O3. The summed E-state index contributed by atoms with van der Waals surface area (Å²) in [6, 6.07) is 4.66. The molecule has 0 saturated carbocycles. The highest BCUT2D eigenvalue weighted by Crippen LogP contribution is 2.24. The normalized spacial score (nSPS) is 11.7. The number of rotatable bonds is 10. The van der Waals surface area contributed by atoms with E-state index in [-0.39, 0.29) is 5.56 Å². The Morgan fingerprint density at radius 3 is 2.71 bits per heavy atom. The molecule has 1 heterocycles. The number of carbonyl (C=O) groups is 2. The van der Waals surface area contributed by atoms with Gasteiger partial charge in [-0.05, 0) is 56.5 Å². The minimum Gasteiger partial charge on any atom is -0.480 e. The molecule has 0 radical (unpaired) electrons. The topological polar surface area (TPSA) is 94.3 Å². The van der Waals surface area contributed by atoms with Crippen LogP contribution in [0.4, 0.5) is 8.78 Å². The molecule has 0 aliphatic carbocycles. The van der Waals surface area contributed by atoms with Gasteiger partial charge in [0.2, 0.25) is 0 Å². The maximum atomic E-state index is 14.0.